The Morgan fingerprint density at radius 3 is 2.19 bits per heavy atom. The average molecular weight is 265 g/mol. The van der Waals surface area contributed by atoms with E-state index in [9.17, 15) is 0 Å². The molecule has 1 aromatic carbocycles. The quantitative estimate of drug-likeness (QED) is 0.776. The van der Waals surface area contributed by atoms with Gasteiger partial charge in [-0.3, -0.25) is 0 Å². The molecule has 1 aromatic rings. The smallest absolute Gasteiger partial charge is 0.0163 e. The molecule has 94 valence electrons. The van der Waals surface area contributed by atoms with Crippen LogP contribution in [-0.4, -0.2) is 12.6 Å². The highest BCUT2D eigenvalue weighted by Gasteiger charge is 1.98. The molecule has 0 aromatic heterocycles. The van der Waals surface area contributed by atoms with E-state index in [1.54, 1.807) is 0 Å². The molecule has 0 bridgehead atoms. The van der Waals surface area contributed by atoms with Gasteiger partial charge in [-0.05, 0) is 24.8 Å². The van der Waals surface area contributed by atoms with Gasteiger partial charge in [-0.2, -0.15) is 0 Å². The number of hydrogen-bond acceptors (Lipinski definition) is 2. The van der Waals surface area contributed by atoms with Crippen LogP contribution in [0.4, 0.5) is 0 Å². The van der Waals surface area contributed by atoms with Crippen molar-refractivity contribution in [2.75, 3.05) is 6.54 Å². The molecule has 0 heterocycles. The van der Waals surface area contributed by atoms with Crippen molar-refractivity contribution in [3.05, 3.63) is 35.9 Å². The van der Waals surface area contributed by atoms with Crippen molar-refractivity contribution < 1.29 is 0 Å². The van der Waals surface area contributed by atoms with E-state index in [4.69, 9.17) is 11.5 Å². The van der Waals surface area contributed by atoms with Crippen LogP contribution in [0.15, 0.2) is 30.3 Å². The maximum atomic E-state index is 5.73. The summed E-state index contributed by atoms with van der Waals surface area (Å²) in [6.07, 6.45) is 4.58. The van der Waals surface area contributed by atoms with Crippen LogP contribution in [0.3, 0.4) is 0 Å². The first-order valence-electron chi connectivity index (χ1n) is 5.32. The summed E-state index contributed by atoms with van der Waals surface area (Å²) in [6.45, 7) is 0.603. The molecule has 0 saturated heterocycles. The van der Waals surface area contributed by atoms with Gasteiger partial charge >= 0.3 is 0 Å². The summed E-state index contributed by atoms with van der Waals surface area (Å²) in [5.41, 5.74) is 12.6. The van der Waals surface area contributed by atoms with Crippen LogP contribution in [-0.2, 0) is 6.42 Å². The van der Waals surface area contributed by atoms with Crippen LogP contribution in [0.5, 0.6) is 0 Å². The Morgan fingerprint density at radius 1 is 1.00 bits per heavy atom. The molecular formula is C12H22Cl2N2. The molecule has 0 aliphatic heterocycles. The van der Waals surface area contributed by atoms with Crippen LogP contribution in [0.1, 0.15) is 24.8 Å². The summed E-state index contributed by atoms with van der Waals surface area (Å²) in [4.78, 5) is 0. The molecule has 16 heavy (non-hydrogen) atoms. The number of benzene rings is 1. The maximum absolute atomic E-state index is 5.73. The van der Waals surface area contributed by atoms with Crippen LogP contribution < -0.4 is 11.5 Å². The van der Waals surface area contributed by atoms with Gasteiger partial charge < -0.3 is 11.5 Å². The highest BCUT2D eigenvalue weighted by molar-refractivity contribution is 5.85. The molecule has 0 spiro atoms. The Labute approximate surface area is 111 Å². The van der Waals surface area contributed by atoms with Crippen molar-refractivity contribution in [2.45, 2.75) is 31.7 Å². The molecule has 0 unspecified atom stereocenters. The maximum Gasteiger partial charge on any atom is 0.0163 e. The average Bonchev–Trinajstić information content (AvgIpc) is 2.25. The molecule has 0 aliphatic carbocycles. The van der Waals surface area contributed by atoms with Crippen molar-refractivity contribution in [1.29, 1.82) is 0 Å². The Kier molecular flexibility index (Phi) is 12.7. The van der Waals surface area contributed by atoms with Gasteiger partial charge in [0.05, 0.1) is 0 Å². The lowest BCUT2D eigenvalue weighted by Crippen LogP contribution is -2.29. The summed E-state index contributed by atoms with van der Waals surface area (Å²) in [7, 11) is 0. The van der Waals surface area contributed by atoms with E-state index in [2.05, 4.69) is 24.3 Å². The lowest BCUT2D eigenvalue weighted by molar-refractivity contribution is 0.570. The SMILES string of the molecule is Cl.Cl.NC[C@@H](N)CCCCc1ccccc1. The molecule has 4 heteroatoms. The molecule has 0 radical (unpaired) electrons. The molecule has 0 aliphatic rings. The van der Waals surface area contributed by atoms with Crippen LogP contribution in [0, 0.1) is 0 Å². The van der Waals surface area contributed by atoms with E-state index >= 15 is 0 Å². The second-order valence-electron chi connectivity index (χ2n) is 3.73. The summed E-state index contributed by atoms with van der Waals surface area (Å²) in [5.74, 6) is 0. The van der Waals surface area contributed by atoms with E-state index in [1.807, 2.05) is 6.07 Å². The fraction of sp³-hybridized carbons (Fsp3) is 0.500. The van der Waals surface area contributed by atoms with Gasteiger partial charge in [-0.25, -0.2) is 0 Å². The zero-order valence-electron chi connectivity index (χ0n) is 9.47. The first-order chi connectivity index (χ1) is 6.83. The largest absolute Gasteiger partial charge is 0.329 e. The number of unbranched alkanes of at least 4 members (excludes halogenated alkanes) is 1. The van der Waals surface area contributed by atoms with E-state index in [1.165, 1.54) is 18.4 Å². The lowest BCUT2D eigenvalue weighted by atomic mass is 10.0. The lowest BCUT2D eigenvalue weighted by Gasteiger charge is -2.07. The Balaban J connectivity index is 0. The minimum Gasteiger partial charge on any atom is -0.329 e. The third-order valence-electron chi connectivity index (χ3n) is 2.44. The zero-order valence-corrected chi connectivity index (χ0v) is 11.1. The van der Waals surface area contributed by atoms with Gasteiger partial charge in [-0.15, -0.1) is 24.8 Å². The van der Waals surface area contributed by atoms with Crippen LogP contribution >= 0.6 is 24.8 Å². The molecule has 0 fully saturated rings. The van der Waals surface area contributed by atoms with Crippen molar-refractivity contribution in [3.8, 4) is 0 Å². The van der Waals surface area contributed by atoms with Crippen LogP contribution in [0.2, 0.25) is 0 Å². The zero-order chi connectivity index (χ0) is 10.2. The van der Waals surface area contributed by atoms with Crippen molar-refractivity contribution in [1.82, 2.24) is 0 Å². The third kappa shape index (κ3) is 7.94. The fourth-order valence-electron chi connectivity index (χ4n) is 1.50. The standard InChI is InChI=1S/C12H20N2.2ClH/c13-10-12(14)9-5-4-8-11-6-2-1-3-7-11;;/h1-3,6-7,12H,4-5,8-10,13-14H2;2*1H/t12-;;/m0../s1. The van der Waals surface area contributed by atoms with Gasteiger partial charge in [0.15, 0.2) is 0 Å². The molecule has 1 rings (SSSR count). The second kappa shape index (κ2) is 11.2. The molecule has 1 atom stereocenters. The van der Waals surface area contributed by atoms with Gasteiger partial charge in [0, 0.05) is 12.6 Å². The number of hydrogen-bond donors (Lipinski definition) is 2. The third-order valence-corrected chi connectivity index (χ3v) is 2.44. The highest BCUT2D eigenvalue weighted by atomic mass is 35.5. The summed E-state index contributed by atoms with van der Waals surface area (Å²) in [6, 6.07) is 10.7. The predicted octanol–water partition coefficient (Wildman–Crippen LogP) is 2.53. The minimum atomic E-state index is 0. The topological polar surface area (TPSA) is 52.0 Å². The Morgan fingerprint density at radius 2 is 1.62 bits per heavy atom. The molecular weight excluding hydrogens is 243 g/mol. The highest BCUT2D eigenvalue weighted by Crippen LogP contribution is 2.06. The van der Waals surface area contributed by atoms with Crippen LogP contribution in [0.25, 0.3) is 0 Å². The number of rotatable bonds is 6. The Bertz CT molecular complexity index is 242. The first kappa shape index (κ1) is 18.1. The molecule has 2 nitrogen and oxygen atoms in total. The van der Waals surface area contributed by atoms with E-state index < -0.39 is 0 Å². The van der Waals surface area contributed by atoms with Crippen molar-refractivity contribution in [2.24, 2.45) is 11.5 Å². The summed E-state index contributed by atoms with van der Waals surface area (Å²) < 4.78 is 0. The monoisotopic (exact) mass is 264 g/mol. The minimum absolute atomic E-state index is 0. The van der Waals surface area contributed by atoms with E-state index in [0.717, 1.165) is 12.8 Å². The predicted molar refractivity (Wildman–Crippen MR) is 75.5 cm³/mol. The van der Waals surface area contributed by atoms with E-state index in [0.29, 0.717) is 6.54 Å². The van der Waals surface area contributed by atoms with Crippen molar-refractivity contribution in [3.63, 3.8) is 0 Å². The Hall–Kier alpha value is -0.280. The normalized spacial score (nSPS) is 11.1. The fourth-order valence-corrected chi connectivity index (χ4v) is 1.50. The van der Waals surface area contributed by atoms with Gasteiger partial charge in [0.1, 0.15) is 0 Å². The molecule has 0 saturated carbocycles. The molecule has 0 amide bonds. The van der Waals surface area contributed by atoms with Gasteiger partial charge in [0.25, 0.3) is 0 Å². The number of nitrogens with two attached hydrogens (primary N) is 2. The van der Waals surface area contributed by atoms with Gasteiger partial charge in [0.2, 0.25) is 0 Å². The number of halogens is 2. The number of aryl methyl sites for hydroxylation is 1. The van der Waals surface area contributed by atoms with Crippen molar-refractivity contribution >= 4 is 24.8 Å². The molecule has 4 N–H and O–H groups in total. The summed E-state index contributed by atoms with van der Waals surface area (Å²) in [5, 5.41) is 0. The second-order valence-corrected chi connectivity index (χ2v) is 3.73. The first-order valence-corrected chi connectivity index (χ1v) is 5.32. The van der Waals surface area contributed by atoms with E-state index in [-0.39, 0.29) is 30.9 Å². The van der Waals surface area contributed by atoms with Gasteiger partial charge in [-0.1, -0.05) is 36.8 Å². The summed E-state index contributed by atoms with van der Waals surface area (Å²) >= 11 is 0.